The van der Waals surface area contributed by atoms with Gasteiger partial charge in [0.15, 0.2) is 22.2 Å². The molecule has 144 valence electrons. The van der Waals surface area contributed by atoms with Gasteiger partial charge in [-0.3, -0.25) is 9.59 Å². The van der Waals surface area contributed by atoms with E-state index in [9.17, 15) is 27.1 Å². The number of benzene rings is 2. The number of nitrogens with one attached hydrogen (secondary N) is 2. The summed E-state index contributed by atoms with van der Waals surface area (Å²) >= 11 is -4.88. The minimum Gasteiger partial charge on any atom is -0.455 e. The minimum atomic E-state index is -2.44. The molecular weight excluding hydrogens is 396 g/mol. The second-order valence-electron chi connectivity index (χ2n) is 5.29. The number of anilines is 2. The molecule has 27 heavy (non-hydrogen) atoms. The molecule has 0 aliphatic carbocycles. The summed E-state index contributed by atoms with van der Waals surface area (Å²) in [5.74, 6) is -0.789. The average Bonchev–Trinajstić information content (AvgIpc) is 2.56. The van der Waals surface area contributed by atoms with Crippen LogP contribution in [0.3, 0.4) is 0 Å². The highest BCUT2D eigenvalue weighted by molar-refractivity contribution is 7.79. The van der Waals surface area contributed by atoms with Crippen molar-refractivity contribution in [2.45, 2.75) is 23.6 Å². The molecule has 0 heterocycles. The van der Waals surface area contributed by atoms with E-state index in [1.54, 1.807) is 0 Å². The van der Waals surface area contributed by atoms with Crippen LogP contribution in [0.4, 0.5) is 11.4 Å². The standard InChI is InChI=1S/C16H16N2O7S2/c1-9(19)17-11-3-5-13(15(7-11)26(21)22)25-14-6-4-12(18-10(2)20)8-16(14)27(23)24/h3-8H,1-2H3,(H,17,19)(H,18,20)(H,21,22)(H,23,24). The number of hydrogen-bond acceptors (Lipinski definition) is 5. The van der Waals surface area contributed by atoms with E-state index in [0.717, 1.165) is 0 Å². The molecule has 0 saturated carbocycles. The molecule has 2 aromatic rings. The van der Waals surface area contributed by atoms with Gasteiger partial charge >= 0.3 is 0 Å². The zero-order valence-electron chi connectivity index (χ0n) is 14.2. The Morgan fingerprint density at radius 3 is 1.48 bits per heavy atom. The second kappa shape index (κ2) is 8.86. The molecule has 0 aliphatic rings. The van der Waals surface area contributed by atoms with Crippen LogP contribution in [0.25, 0.3) is 0 Å². The molecule has 0 radical (unpaired) electrons. The third kappa shape index (κ3) is 5.69. The number of ether oxygens (including phenoxy) is 1. The van der Waals surface area contributed by atoms with Crippen LogP contribution in [-0.4, -0.2) is 29.3 Å². The van der Waals surface area contributed by atoms with E-state index in [1.807, 2.05) is 0 Å². The van der Waals surface area contributed by atoms with E-state index < -0.39 is 22.2 Å². The molecule has 0 spiro atoms. The summed E-state index contributed by atoms with van der Waals surface area (Å²) in [5, 5.41) is 4.96. The maximum atomic E-state index is 11.6. The van der Waals surface area contributed by atoms with Crippen LogP contribution in [0.2, 0.25) is 0 Å². The number of rotatable bonds is 6. The number of hydrogen-bond donors (Lipinski definition) is 4. The quantitative estimate of drug-likeness (QED) is 0.534. The Kier molecular flexibility index (Phi) is 6.80. The van der Waals surface area contributed by atoms with Crippen molar-refractivity contribution in [1.29, 1.82) is 0 Å². The van der Waals surface area contributed by atoms with Gasteiger partial charge in [0, 0.05) is 25.2 Å². The Balaban J connectivity index is 2.43. The Morgan fingerprint density at radius 2 is 1.19 bits per heavy atom. The van der Waals surface area contributed by atoms with Gasteiger partial charge in [-0.15, -0.1) is 0 Å². The first-order valence-corrected chi connectivity index (χ1v) is 9.61. The first-order valence-electron chi connectivity index (χ1n) is 7.40. The van der Waals surface area contributed by atoms with Crippen LogP contribution in [0, 0.1) is 0 Å². The molecule has 0 saturated heterocycles. The first kappa shape index (κ1) is 20.7. The zero-order valence-corrected chi connectivity index (χ0v) is 15.8. The Labute approximate surface area is 159 Å². The van der Waals surface area contributed by atoms with Gasteiger partial charge < -0.3 is 24.5 Å². The molecule has 9 nitrogen and oxygen atoms in total. The van der Waals surface area contributed by atoms with Crippen molar-refractivity contribution in [3.05, 3.63) is 36.4 Å². The van der Waals surface area contributed by atoms with Crippen LogP contribution < -0.4 is 15.4 Å². The van der Waals surface area contributed by atoms with Gasteiger partial charge in [-0.2, -0.15) is 0 Å². The fourth-order valence-electron chi connectivity index (χ4n) is 2.14. The summed E-state index contributed by atoms with van der Waals surface area (Å²) in [6, 6.07) is 8.12. The normalized spacial score (nSPS) is 12.7. The molecule has 0 fully saturated rings. The molecule has 2 amide bonds. The summed E-state index contributed by atoms with van der Waals surface area (Å²) in [6.45, 7) is 2.58. The fraction of sp³-hybridized carbons (Fsp3) is 0.125. The highest BCUT2D eigenvalue weighted by Gasteiger charge is 2.17. The monoisotopic (exact) mass is 412 g/mol. The van der Waals surface area contributed by atoms with Crippen molar-refractivity contribution in [2.75, 3.05) is 10.6 Å². The van der Waals surface area contributed by atoms with E-state index in [2.05, 4.69) is 10.6 Å². The van der Waals surface area contributed by atoms with Crippen LogP contribution in [0.15, 0.2) is 46.2 Å². The molecule has 11 heteroatoms. The van der Waals surface area contributed by atoms with E-state index in [4.69, 9.17) is 4.74 Å². The van der Waals surface area contributed by atoms with E-state index in [-0.39, 0.29) is 33.1 Å². The predicted molar refractivity (Wildman–Crippen MR) is 99.6 cm³/mol. The van der Waals surface area contributed by atoms with Gasteiger partial charge in [0.25, 0.3) is 0 Å². The van der Waals surface area contributed by atoms with Gasteiger partial charge in [-0.1, -0.05) is 0 Å². The topological polar surface area (TPSA) is 142 Å². The van der Waals surface area contributed by atoms with Gasteiger partial charge in [0.2, 0.25) is 11.8 Å². The maximum absolute atomic E-state index is 11.6. The van der Waals surface area contributed by atoms with Crippen molar-refractivity contribution in [3.63, 3.8) is 0 Å². The summed E-state index contributed by atoms with van der Waals surface area (Å²) < 4.78 is 47.7. The Morgan fingerprint density at radius 1 is 0.815 bits per heavy atom. The van der Waals surface area contributed by atoms with Crippen LogP contribution in [0.5, 0.6) is 11.5 Å². The van der Waals surface area contributed by atoms with Crippen molar-refractivity contribution in [2.24, 2.45) is 0 Å². The second-order valence-corrected chi connectivity index (χ2v) is 7.16. The summed E-state index contributed by atoms with van der Waals surface area (Å²) in [7, 11) is 0. The molecule has 0 bridgehead atoms. The molecule has 4 N–H and O–H groups in total. The smallest absolute Gasteiger partial charge is 0.221 e. The van der Waals surface area contributed by atoms with Gasteiger partial charge in [0.1, 0.15) is 21.3 Å². The lowest BCUT2D eigenvalue weighted by Crippen LogP contribution is -2.07. The highest BCUT2D eigenvalue weighted by atomic mass is 32.2. The van der Waals surface area contributed by atoms with Crippen molar-refractivity contribution >= 4 is 45.4 Å². The molecule has 2 aromatic carbocycles. The predicted octanol–water partition coefficient (Wildman–Crippen LogP) is 2.56. The zero-order chi connectivity index (χ0) is 20.1. The maximum Gasteiger partial charge on any atom is 0.221 e. The lowest BCUT2D eigenvalue weighted by Gasteiger charge is -2.14. The molecule has 2 unspecified atom stereocenters. The van der Waals surface area contributed by atoms with E-state index >= 15 is 0 Å². The molecule has 2 rings (SSSR count). The minimum absolute atomic E-state index is 0.0380. The average molecular weight is 412 g/mol. The van der Waals surface area contributed by atoms with Gasteiger partial charge in [-0.05, 0) is 36.4 Å². The summed E-state index contributed by atoms with van der Waals surface area (Å²) in [5.41, 5.74) is 0.582. The van der Waals surface area contributed by atoms with Crippen LogP contribution in [-0.2, 0) is 31.7 Å². The lowest BCUT2D eigenvalue weighted by molar-refractivity contribution is -0.115. The third-order valence-corrected chi connectivity index (χ3v) is 4.51. The molecule has 0 aliphatic heterocycles. The van der Waals surface area contributed by atoms with Gasteiger partial charge in [-0.25, -0.2) is 8.42 Å². The van der Waals surface area contributed by atoms with E-state index in [1.165, 1.54) is 50.2 Å². The van der Waals surface area contributed by atoms with Crippen LogP contribution in [0.1, 0.15) is 13.8 Å². The molecule has 2 atom stereocenters. The molecule has 0 aromatic heterocycles. The Bertz CT molecular complexity index is 871. The lowest BCUT2D eigenvalue weighted by atomic mass is 10.2. The van der Waals surface area contributed by atoms with Crippen LogP contribution >= 0.6 is 0 Å². The third-order valence-electron chi connectivity index (χ3n) is 3.12. The van der Waals surface area contributed by atoms with Crippen molar-refractivity contribution < 1.29 is 31.8 Å². The summed E-state index contributed by atoms with van der Waals surface area (Å²) in [4.78, 5) is 22.0. The number of carbonyl (C=O) groups is 2. The first-order chi connectivity index (χ1) is 12.7. The highest BCUT2D eigenvalue weighted by Crippen LogP contribution is 2.34. The largest absolute Gasteiger partial charge is 0.455 e. The van der Waals surface area contributed by atoms with E-state index in [0.29, 0.717) is 11.4 Å². The van der Waals surface area contributed by atoms with Gasteiger partial charge in [0.05, 0.1) is 0 Å². The number of amides is 2. The Hall–Kier alpha value is -2.60. The number of carbonyl (C=O) groups excluding carboxylic acids is 2. The fourth-order valence-corrected chi connectivity index (χ4v) is 3.16. The summed E-state index contributed by atoms with van der Waals surface area (Å²) in [6.07, 6.45) is 0. The molecular formula is C16H16N2O7S2. The SMILES string of the molecule is CC(=O)Nc1ccc(Oc2ccc(NC(C)=O)cc2S(=O)O)c(S(=O)O)c1. The van der Waals surface area contributed by atoms with Crippen molar-refractivity contribution in [3.8, 4) is 11.5 Å². The van der Waals surface area contributed by atoms with Crippen molar-refractivity contribution in [1.82, 2.24) is 0 Å².